The molecule has 2 heterocycles. The van der Waals surface area contributed by atoms with Gasteiger partial charge in [-0.2, -0.15) is 0 Å². The number of hydrogen-bond acceptors (Lipinski definition) is 6. The summed E-state index contributed by atoms with van der Waals surface area (Å²) in [6, 6.07) is 30.4. The number of oxazole rings is 1. The quantitative estimate of drug-likeness (QED) is 0.214. The first-order valence-electron chi connectivity index (χ1n) is 11.3. The lowest BCUT2D eigenvalue weighted by molar-refractivity contribution is 0.588. The number of sulfonamides is 1. The Bertz CT molecular complexity index is 1800. The summed E-state index contributed by atoms with van der Waals surface area (Å²) >= 11 is 7.42. The van der Waals surface area contributed by atoms with Gasteiger partial charge in [0.05, 0.1) is 27.0 Å². The number of anilines is 2. The van der Waals surface area contributed by atoms with E-state index in [0.717, 1.165) is 10.3 Å². The Hall–Kier alpha value is -3.98. The van der Waals surface area contributed by atoms with Crippen molar-refractivity contribution >= 4 is 54.0 Å². The van der Waals surface area contributed by atoms with Crippen LogP contribution in [0.1, 0.15) is 0 Å². The van der Waals surface area contributed by atoms with E-state index in [1.165, 1.54) is 15.6 Å². The molecule has 4 aromatic carbocycles. The summed E-state index contributed by atoms with van der Waals surface area (Å²) in [4.78, 5) is 9.08. The van der Waals surface area contributed by atoms with Crippen LogP contribution in [0.4, 0.5) is 10.8 Å². The molecule has 6 rings (SSSR count). The van der Waals surface area contributed by atoms with Crippen molar-refractivity contribution in [2.75, 3.05) is 4.31 Å². The van der Waals surface area contributed by atoms with Gasteiger partial charge in [0.2, 0.25) is 11.0 Å². The molecule has 37 heavy (non-hydrogen) atoms. The molecule has 0 N–H and O–H groups in total. The lowest BCUT2D eigenvalue weighted by Crippen LogP contribution is -2.26. The van der Waals surface area contributed by atoms with Crippen molar-refractivity contribution in [2.45, 2.75) is 4.90 Å². The maximum Gasteiger partial charge on any atom is 0.270 e. The Kier molecular flexibility index (Phi) is 6.00. The van der Waals surface area contributed by atoms with Gasteiger partial charge in [-0.15, -0.1) is 0 Å². The Morgan fingerprint density at radius 2 is 1.51 bits per heavy atom. The maximum absolute atomic E-state index is 13.9. The molecule has 0 saturated carbocycles. The highest BCUT2D eigenvalue weighted by molar-refractivity contribution is 7.93. The predicted molar refractivity (Wildman–Crippen MR) is 148 cm³/mol. The summed E-state index contributed by atoms with van der Waals surface area (Å²) in [7, 11) is -4.00. The van der Waals surface area contributed by atoms with E-state index >= 15 is 0 Å². The highest BCUT2D eigenvalue weighted by Gasteiger charge is 2.29. The van der Waals surface area contributed by atoms with E-state index in [4.69, 9.17) is 16.0 Å². The number of benzene rings is 4. The minimum absolute atomic E-state index is 0.118. The molecule has 9 heteroatoms. The normalized spacial score (nSPS) is 11.6. The molecule has 0 amide bonds. The van der Waals surface area contributed by atoms with Gasteiger partial charge < -0.3 is 4.42 Å². The van der Waals surface area contributed by atoms with E-state index in [2.05, 4.69) is 9.97 Å². The molecule has 0 spiro atoms. The van der Waals surface area contributed by atoms with Gasteiger partial charge in [0, 0.05) is 16.1 Å². The fraction of sp³-hybridized carbons (Fsp3) is 0. The molecule has 0 bridgehead atoms. The minimum atomic E-state index is -4.00. The SMILES string of the molecule is O=S(=O)(c1ccc(-c2ncc(-c3ccccc3)o2)cc1)N(c1ccccc1)c1nc2cc(Cl)ccc2s1. The second kappa shape index (κ2) is 9.48. The van der Waals surface area contributed by atoms with E-state index < -0.39 is 10.0 Å². The van der Waals surface area contributed by atoms with Crippen LogP contribution in [-0.2, 0) is 10.0 Å². The average Bonchev–Trinajstić information content (AvgIpc) is 3.57. The zero-order valence-corrected chi connectivity index (χ0v) is 21.5. The first kappa shape index (κ1) is 23.4. The molecule has 0 radical (unpaired) electrons. The molecule has 0 aliphatic heterocycles. The highest BCUT2D eigenvalue weighted by atomic mass is 35.5. The zero-order valence-electron chi connectivity index (χ0n) is 19.2. The van der Waals surface area contributed by atoms with Crippen LogP contribution in [0.25, 0.3) is 33.0 Å². The van der Waals surface area contributed by atoms with Crippen LogP contribution >= 0.6 is 22.9 Å². The van der Waals surface area contributed by atoms with Crippen molar-refractivity contribution in [2.24, 2.45) is 0 Å². The number of thiazole rings is 1. The molecule has 6 nitrogen and oxygen atoms in total. The molecule has 6 aromatic rings. The minimum Gasteiger partial charge on any atom is -0.436 e. The van der Waals surface area contributed by atoms with Gasteiger partial charge >= 0.3 is 0 Å². The molecular weight excluding hydrogens is 526 g/mol. The summed E-state index contributed by atoms with van der Waals surface area (Å²) in [5, 5.41) is 0.865. The van der Waals surface area contributed by atoms with Crippen LogP contribution in [0.2, 0.25) is 5.02 Å². The lowest BCUT2D eigenvalue weighted by atomic mass is 10.2. The molecule has 0 atom stereocenters. The van der Waals surface area contributed by atoms with E-state index in [0.29, 0.717) is 38.6 Å². The van der Waals surface area contributed by atoms with Crippen LogP contribution in [0.5, 0.6) is 0 Å². The summed E-state index contributed by atoms with van der Waals surface area (Å²) in [5.74, 6) is 1.05. The average molecular weight is 544 g/mol. The van der Waals surface area contributed by atoms with Crippen LogP contribution in [-0.4, -0.2) is 18.4 Å². The van der Waals surface area contributed by atoms with Crippen molar-refractivity contribution in [1.82, 2.24) is 9.97 Å². The molecule has 0 fully saturated rings. The molecule has 0 unspecified atom stereocenters. The summed E-state index contributed by atoms with van der Waals surface area (Å²) in [6.07, 6.45) is 1.66. The fourth-order valence-corrected chi connectivity index (χ4v) is 6.69. The zero-order chi connectivity index (χ0) is 25.4. The number of fused-ring (bicyclic) bond motifs is 1. The number of aromatic nitrogens is 2. The second-order valence-electron chi connectivity index (χ2n) is 8.13. The van der Waals surface area contributed by atoms with Gasteiger partial charge in [-0.25, -0.2) is 22.7 Å². The Labute approximate surface area is 222 Å². The van der Waals surface area contributed by atoms with E-state index in [-0.39, 0.29) is 4.90 Å². The fourth-order valence-electron chi connectivity index (χ4n) is 3.91. The third-order valence-electron chi connectivity index (χ3n) is 5.71. The van der Waals surface area contributed by atoms with E-state index in [1.807, 2.05) is 42.5 Å². The predicted octanol–water partition coefficient (Wildman–Crippen LogP) is 7.80. The Morgan fingerprint density at radius 3 is 2.24 bits per heavy atom. The smallest absolute Gasteiger partial charge is 0.270 e. The van der Waals surface area contributed by atoms with Crippen molar-refractivity contribution in [3.63, 3.8) is 0 Å². The molecule has 2 aromatic heterocycles. The third kappa shape index (κ3) is 4.51. The summed E-state index contributed by atoms with van der Waals surface area (Å²) in [6.45, 7) is 0. The first-order valence-corrected chi connectivity index (χ1v) is 13.9. The van der Waals surface area contributed by atoms with Crippen LogP contribution in [0, 0.1) is 0 Å². The van der Waals surface area contributed by atoms with Gasteiger partial charge in [0.25, 0.3) is 10.0 Å². The van der Waals surface area contributed by atoms with E-state index in [1.54, 1.807) is 66.9 Å². The standard InChI is InChI=1S/C28H18ClN3O3S2/c29-21-13-16-26-24(17-21)31-28(36-26)32(22-9-5-2-6-10-22)37(33,34)23-14-11-20(12-15-23)27-30-18-25(35-27)19-7-3-1-4-8-19/h1-18H. The van der Waals surface area contributed by atoms with Gasteiger partial charge in [0.15, 0.2) is 5.76 Å². The molecule has 0 aliphatic rings. The van der Waals surface area contributed by atoms with Crippen molar-refractivity contribution in [3.05, 3.63) is 114 Å². The number of rotatable bonds is 6. The van der Waals surface area contributed by atoms with Gasteiger partial charge in [-0.3, -0.25) is 0 Å². The van der Waals surface area contributed by atoms with Crippen LogP contribution in [0.15, 0.2) is 119 Å². The van der Waals surface area contributed by atoms with E-state index in [9.17, 15) is 8.42 Å². The largest absolute Gasteiger partial charge is 0.436 e. The summed E-state index contributed by atoms with van der Waals surface area (Å²) < 4.78 is 35.9. The van der Waals surface area contributed by atoms with Crippen LogP contribution in [0.3, 0.4) is 0 Å². The van der Waals surface area contributed by atoms with Gasteiger partial charge in [-0.1, -0.05) is 71.5 Å². The Balaban J connectivity index is 1.38. The third-order valence-corrected chi connectivity index (χ3v) is 8.81. The number of nitrogens with zero attached hydrogens (tertiary/aromatic N) is 3. The van der Waals surface area contributed by atoms with Gasteiger partial charge in [0.1, 0.15) is 0 Å². The van der Waals surface area contributed by atoms with Crippen LogP contribution < -0.4 is 4.31 Å². The number of hydrogen-bond donors (Lipinski definition) is 0. The number of para-hydroxylation sites is 1. The molecular formula is C28H18ClN3O3S2. The topological polar surface area (TPSA) is 76.3 Å². The first-order chi connectivity index (χ1) is 18.0. The Morgan fingerprint density at radius 1 is 0.811 bits per heavy atom. The van der Waals surface area contributed by atoms with Gasteiger partial charge in [-0.05, 0) is 54.6 Å². The second-order valence-corrected chi connectivity index (χ2v) is 11.4. The van der Waals surface area contributed by atoms with Crippen molar-refractivity contribution in [1.29, 1.82) is 0 Å². The molecule has 182 valence electrons. The molecule has 0 saturated heterocycles. The van der Waals surface area contributed by atoms with Crippen molar-refractivity contribution < 1.29 is 12.8 Å². The summed E-state index contributed by atoms with van der Waals surface area (Å²) in [5.41, 5.74) is 2.70. The monoisotopic (exact) mass is 543 g/mol. The lowest BCUT2D eigenvalue weighted by Gasteiger charge is -2.21. The maximum atomic E-state index is 13.9. The highest BCUT2D eigenvalue weighted by Crippen LogP contribution is 2.38. The number of halogens is 1. The van der Waals surface area contributed by atoms with Crippen molar-refractivity contribution in [3.8, 4) is 22.8 Å². The molecule has 0 aliphatic carbocycles.